The van der Waals surface area contributed by atoms with Crippen molar-refractivity contribution in [1.82, 2.24) is 24.5 Å². The van der Waals surface area contributed by atoms with E-state index in [-0.39, 0.29) is 35.8 Å². The van der Waals surface area contributed by atoms with Gasteiger partial charge in [0, 0.05) is 24.6 Å². The number of alkyl halides is 2. The molecule has 0 saturated carbocycles. The highest BCUT2D eigenvalue weighted by Gasteiger charge is 2.34. The zero-order chi connectivity index (χ0) is 23.1. The molecule has 1 fully saturated rings. The Labute approximate surface area is 188 Å². The largest absolute Gasteiger partial charge is 0.493 e. The molecule has 10 heteroatoms. The van der Waals surface area contributed by atoms with E-state index in [1.54, 1.807) is 12.0 Å². The third-order valence-electron chi connectivity index (χ3n) is 6.35. The molecule has 2 aliphatic heterocycles. The Kier molecular flexibility index (Phi) is 5.43. The average Bonchev–Trinajstić information content (AvgIpc) is 3.31. The van der Waals surface area contributed by atoms with Crippen LogP contribution in [0.4, 0.5) is 8.78 Å². The van der Waals surface area contributed by atoms with Gasteiger partial charge in [-0.15, -0.1) is 0 Å². The van der Waals surface area contributed by atoms with Crippen LogP contribution < -0.4 is 9.47 Å². The zero-order valence-corrected chi connectivity index (χ0v) is 18.2. The van der Waals surface area contributed by atoms with Crippen LogP contribution in [0.3, 0.4) is 0 Å². The number of nitrogens with zero attached hydrogens (tertiary/aromatic N) is 5. The summed E-state index contributed by atoms with van der Waals surface area (Å²) in [6.07, 6.45) is 1.14. The number of amides is 1. The van der Waals surface area contributed by atoms with Gasteiger partial charge in [-0.05, 0) is 30.5 Å². The Morgan fingerprint density at radius 2 is 2.18 bits per heavy atom. The van der Waals surface area contributed by atoms with Crippen LogP contribution in [-0.2, 0) is 4.79 Å². The van der Waals surface area contributed by atoms with E-state index in [9.17, 15) is 13.6 Å². The molecular formula is C23H23F2N5O3. The van der Waals surface area contributed by atoms with E-state index in [0.29, 0.717) is 35.9 Å². The lowest BCUT2D eigenvalue weighted by Crippen LogP contribution is -2.44. The Morgan fingerprint density at radius 1 is 1.33 bits per heavy atom. The minimum Gasteiger partial charge on any atom is -0.493 e. The van der Waals surface area contributed by atoms with Crippen LogP contribution in [0.1, 0.15) is 42.6 Å². The summed E-state index contributed by atoms with van der Waals surface area (Å²) in [5.74, 6) is 1.21. The molecule has 0 aliphatic carbocycles. The highest BCUT2D eigenvalue weighted by molar-refractivity contribution is 5.99. The molecule has 2 atom stereocenters. The molecular weight excluding hydrogens is 432 g/mol. The number of rotatable bonds is 4. The normalized spacial score (nSPS) is 20.4. The van der Waals surface area contributed by atoms with Gasteiger partial charge in [0.2, 0.25) is 0 Å². The fourth-order valence-electron chi connectivity index (χ4n) is 4.54. The number of para-hydroxylation sites is 1. The van der Waals surface area contributed by atoms with Crippen molar-refractivity contribution in [3.05, 3.63) is 53.1 Å². The lowest BCUT2D eigenvalue weighted by atomic mass is 9.84. The quantitative estimate of drug-likeness (QED) is 0.599. The second-order valence-corrected chi connectivity index (χ2v) is 8.34. The second kappa shape index (κ2) is 8.42. The minimum atomic E-state index is -2.72. The van der Waals surface area contributed by atoms with Crippen molar-refractivity contribution < 1.29 is 23.0 Å². The van der Waals surface area contributed by atoms with Crippen molar-refractivity contribution in [3.8, 4) is 11.5 Å². The molecule has 2 aliphatic rings. The highest BCUT2D eigenvalue weighted by Crippen LogP contribution is 2.37. The molecule has 0 N–H and O–H groups in total. The van der Waals surface area contributed by atoms with Gasteiger partial charge in [-0.2, -0.15) is 10.1 Å². The van der Waals surface area contributed by atoms with Crippen molar-refractivity contribution in [3.63, 3.8) is 0 Å². The van der Waals surface area contributed by atoms with Gasteiger partial charge in [0.05, 0.1) is 18.4 Å². The molecule has 4 heterocycles. The first-order valence-corrected chi connectivity index (χ1v) is 10.7. The summed E-state index contributed by atoms with van der Waals surface area (Å²) in [6.45, 7) is 3.15. The van der Waals surface area contributed by atoms with Gasteiger partial charge in [0.25, 0.3) is 18.1 Å². The number of hydrogen-bond acceptors (Lipinski definition) is 6. The Hall–Kier alpha value is -3.56. The molecule has 3 aromatic rings. The first kappa shape index (κ1) is 21.3. The van der Waals surface area contributed by atoms with Gasteiger partial charge in [0.15, 0.2) is 11.5 Å². The monoisotopic (exact) mass is 455 g/mol. The molecule has 1 amide bonds. The Morgan fingerprint density at radius 3 is 2.97 bits per heavy atom. The number of carbonyl (C=O) groups is 1. The fourth-order valence-corrected chi connectivity index (χ4v) is 4.54. The van der Waals surface area contributed by atoms with Gasteiger partial charge in [0.1, 0.15) is 18.6 Å². The van der Waals surface area contributed by atoms with E-state index in [0.717, 1.165) is 12.0 Å². The molecule has 0 bridgehead atoms. The second-order valence-electron chi connectivity index (χ2n) is 8.34. The summed E-state index contributed by atoms with van der Waals surface area (Å²) in [5.41, 5.74) is 1.57. The standard InChI is InChI=1S/C23H23F2N5O3/c1-13-6-7-29(22(31)15-8-14-4-3-5-19(32-2)20(14)33-11-15)10-16(13)18-9-17(21(24)25)28-23-26-12-27-30(18)23/h3-5,8-9,12-13,16,21H,6-7,10-11H2,1-2H3/t13-,16-/m1/s1. The molecule has 0 unspecified atom stereocenters. The molecule has 1 saturated heterocycles. The van der Waals surface area contributed by atoms with Crippen LogP contribution in [0.2, 0.25) is 0 Å². The van der Waals surface area contributed by atoms with Crippen molar-refractivity contribution in [2.75, 3.05) is 26.8 Å². The number of aromatic nitrogens is 4. The molecule has 0 radical (unpaired) electrons. The van der Waals surface area contributed by atoms with E-state index in [2.05, 4.69) is 22.0 Å². The van der Waals surface area contributed by atoms with E-state index >= 15 is 0 Å². The van der Waals surface area contributed by atoms with Gasteiger partial charge in [-0.3, -0.25) is 4.79 Å². The Bertz CT molecular complexity index is 1240. The van der Waals surface area contributed by atoms with Crippen LogP contribution in [-0.4, -0.2) is 57.2 Å². The van der Waals surface area contributed by atoms with Crippen molar-refractivity contribution in [1.29, 1.82) is 0 Å². The number of fused-ring (bicyclic) bond motifs is 2. The Balaban J connectivity index is 1.44. The summed E-state index contributed by atoms with van der Waals surface area (Å²) in [7, 11) is 1.57. The van der Waals surface area contributed by atoms with E-state index < -0.39 is 6.43 Å². The number of halogens is 2. The molecule has 1 aromatic carbocycles. The van der Waals surface area contributed by atoms with E-state index in [1.165, 1.54) is 16.9 Å². The van der Waals surface area contributed by atoms with Gasteiger partial charge >= 0.3 is 0 Å². The summed E-state index contributed by atoms with van der Waals surface area (Å²) < 4.78 is 39.6. The maximum absolute atomic E-state index is 13.5. The van der Waals surface area contributed by atoms with Crippen molar-refractivity contribution in [2.45, 2.75) is 25.7 Å². The van der Waals surface area contributed by atoms with E-state index in [1.807, 2.05) is 24.3 Å². The fraction of sp³-hybridized carbons (Fsp3) is 0.391. The number of piperidine rings is 1. The lowest BCUT2D eigenvalue weighted by molar-refractivity contribution is -0.129. The number of methoxy groups -OCH3 is 1. The van der Waals surface area contributed by atoms with Crippen molar-refractivity contribution >= 4 is 17.8 Å². The third kappa shape index (κ3) is 3.79. The van der Waals surface area contributed by atoms with Crippen LogP contribution >= 0.6 is 0 Å². The van der Waals surface area contributed by atoms with Gasteiger partial charge in [-0.1, -0.05) is 19.1 Å². The van der Waals surface area contributed by atoms with Crippen LogP contribution in [0.5, 0.6) is 11.5 Å². The molecule has 8 nitrogen and oxygen atoms in total. The van der Waals surface area contributed by atoms with Crippen molar-refractivity contribution in [2.24, 2.45) is 5.92 Å². The minimum absolute atomic E-state index is 0.127. The number of likely N-dealkylation sites (tertiary alicyclic amines) is 1. The molecule has 172 valence electrons. The predicted molar refractivity (Wildman–Crippen MR) is 115 cm³/mol. The maximum Gasteiger partial charge on any atom is 0.280 e. The molecule has 0 spiro atoms. The third-order valence-corrected chi connectivity index (χ3v) is 6.35. The number of ether oxygens (including phenoxy) is 2. The molecule has 33 heavy (non-hydrogen) atoms. The van der Waals surface area contributed by atoms with Gasteiger partial charge in [-0.25, -0.2) is 18.3 Å². The predicted octanol–water partition coefficient (Wildman–Crippen LogP) is 3.50. The summed E-state index contributed by atoms with van der Waals surface area (Å²) in [4.78, 5) is 23.0. The van der Waals surface area contributed by atoms with Crippen LogP contribution in [0.15, 0.2) is 36.2 Å². The smallest absolute Gasteiger partial charge is 0.280 e. The van der Waals surface area contributed by atoms with E-state index in [4.69, 9.17) is 9.47 Å². The zero-order valence-electron chi connectivity index (χ0n) is 18.2. The van der Waals surface area contributed by atoms with Crippen LogP contribution in [0.25, 0.3) is 11.9 Å². The lowest BCUT2D eigenvalue weighted by Gasteiger charge is -2.38. The first-order chi connectivity index (χ1) is 16.0. The summed E-state index contributed by atoms with van der Waals surface area (Å²) >= 11 is 0. The van der Waals surface area contributed by atoms with Crippen LogP contribution in [0, 0.1) is 5.92 Å². The maximum atomic E-state index is 13.5. The molecule has 5 rings (SSSR count). The SMILES string of the molecule is COc1cccc2c1OCC(C(=O)N1CC[C@@H](C)[C@H](c3cc(C(F)F)nc4ncnn34)C1)=C2. The molecule has 2 aromatic heterocycles. The average molecular weight is 455 g/mol. The topological polar surface area (TPSA) is 81.9 Å². The number of carbonyl (C=O) groups excluding carboxylic acids is 1. The highest BCUT2D eigenvalue weighted by atomic mass is 19.3. The first-order valence-electron chi connectivity index (χ1n) is 10.7. The summed E-state index contributed by atoms with van der Waals surface area (Å²) in [5, 5.41) is 4.18. The number of benzene rings is 1. The number of hydrogen-bond donors (Lipinski definition) is 0. The van der Waals surface area contributed by atoms with Gasteiger partial charge < -0.3 is 14.4 Å². The summed E-state index contributed by atoms with van der Waals surface area (Å²) in [6, 6.07) is 6.91.